The van der Waals surface area contributed by atoms with Gasteiger partial charge >= 0.3 is 0 Å². The third-order valence-electron chi connectivity index (χ3n) is 5.81. The van der Waals surface area contributed by atoms with E-state index in [0.29, 0.717) is 6.54 Å². The van der Waals surface area contributed by atoms with E-state index in [4.69, 9.17) is 4.74 Å². The minimum Gasteiger partial charge on any atom is -0.497 e. The van der Waals surface area contributed by atoms with Crippen LogP contribution in [0, 0.1) is 0 Å². The molecular weight excluding hydrogens is 378 g/mol. The number of anilines is 1. The number of carbonyl (C=O) groups is 1. The van der Waals surface area contributed by atoms with E-state index in [1.165, 1.54) is 11.9 Å². The van der Waals surface area contributed by atoms with Crippen LogP contribution in [-0.4, -0.2) is 52.8 Å². The van der Waals surface area contributed by atoms with Crippen molar-refractivity contribution in [3.05, 3.63) is 66.2 Å². The van der Waals surface area contributed by atoms with Gasteiger partial charge in [-0.1, -0.05) is 12.1 Å². The lowest BCUT2D eigenvalue weighted by Crippen LogP contribution is -2.42. The monoisotopic (exact) mass is 405 g/mol. The molecule has 0 saturated carbocycles. The van der Waals surface area contributed by atoms with Crippen molar-refractivity contribution in [3.8, 4) is 11.4 Å². The van der Waals surface area contributed by atoms with E-state index in [1.54, 1.807) is 18.1 Å². The van der Waals surface area contributed by atoms with Gasteiger partial charge < -0.3 is 9.64 Å². The number of ether oxygens (including phenoxy) is 1. The number of fused-ring (bicyclic) bond motifs is 1. The summed E-state index contributed by atoms with van der Waals surface area (Å²) in [5.74, 6) is 0.956. The third-order valence-corrected chi connectivity index (χ3v) is 5.81. The highest BCUT2D eigenvalue weighted by Crippen LogP contribution is 2.31. The molecule has 1 aromatic heterocycles. The van der Waals surface area contributed by atoms with E-state index in [9.17, 15) is 4.79 Å². The van der Waals surface area contributed by atoms with Crippen LogP contribution in [0.1, 0.15) is 30.5 Å². The van der Waals surface area contributed by atoms with E-state index in [0.717, 1.165) is 42.1 Å². The van der Waals surface area contributed by atoms with Crippen LogP contribution in [-0.2, 0) is 11.2 Å². The number of carbonyl (C=O) groups excluding carboxylic acids is 1. The summed E-state index contributed by atoms with van der Waals surface area (Å²) in [4.78, 5) is 21.1. The highest BCUT2D eigenvalue weighted by atomic mass is 16.5. The summed E-state index contributed by atoms with van der Waals surface area (Å²) >= 11 is 0. The summed E-state index contributed by atoms with van der Waals surface area (Å²) in [5.41, 5.74) is 4.29. The van der Waals surface area contributed by atoms with Crippen LogP contribution in [0.25, 0.3) is 5.69 Å². The number of aromatic nitrogens is 3. The highest BCUT2D eigenvalue weighted by molar-refractivity contribution is 5.96. The van der Waals surface area contributed by atoms with Crippen LogP contribution >= 0.6 is 0 Å². The molecule has 1 amide bonds. The minimum absolute atomic E-state index is 0.110. The Morgan fingerprint density at radius 1 is 1.23 bits per heavy atom. The lowest BCUT2D eigenvalue weighted by atomic mass is 10.0. The lowest BCUT2D eigenvalue weighted by molar-refractivity contribution is -0.120. The van der Waals surface area contributed by atoms with Gasteiger partial charge in [0.1, 0.15) is 18.4 Å². The number of amides is 1. The quantitative estimate of drug-likeness (QED) is 0.630. The van der Waals surface area contributed by atoms with E-state index in [1.807, 2.05) is 42.3 Å². The van der Waals surface area contributed by atoms with Crippen LogP contribution in [0.3, 0.4) is 0 Å². The fourth-order valence-electron chi connectivity index (χ4n) is 3.90. The SMILES string of the molecule is COc1ccc2c(c1)CCCN2C(=O)CN(C)C(C)c1ccc(-n2cncn2)cc1. The van der Waals surface area contributed by atoms with Crippen molar-refractivity contribution in [2.45, 2.75) is 25.8 Å². The van der Waals surface area contributed by atoms with E-state index < -0.39 is 0 Å². The number of rotatable bonds is 6. The molecule has 0 radical (unpaired) electrons. The predicted molar refractivity (Wildman–Crippen MR) is 116 cm³/mol. The van der Waals surface area contributed by atoms with Gasteiger partial charge in [0.2, 0.25) is 5.91 Å². The Balaban J connectivity index is 1.44. The Kier molecular flexibility index (Phi) is 5.81. The van der Waals surface area contributed by atoms with Crippen LogP contribution in [0.15, 0.2) is 55.1 Å². The molecule has 2 aromatic carbocycles. The van der Waals surface area contributed by atoms with Gasteiger partial charge in [-0.2, -0.15) is 5.10 Å². The summed E-state index contributed by atoms with van der Waals surface area (Å²) in [6, 6.07) is 14.3. The van der Waals surface area contributed by atoms with Crippen molar-refractivity contribution >= 4 is 11.6 Å². The standard InChI is InChI=1S/C23H27N5O2/c1-17(18-6-8-20(9-7-18)28-16-24-15-25-28)26(2)14-23(29)27-12-4-5-19-13-21(30-3)10-11-22(19)27/h6-11,13,15-17H,4-5,12,14H2,1-3H3. The van der Waals surface area contributed by atoms with Gasteiger partial charge in [-0.05, 0) is 68.3 Å². The molecule has 1 unspecified atom stereocenters. The van der Waals surface area contributed by atoms with Crippen molar-refractivity contribution in [3.63, 3.8) is 0 Å². The van der Waals surface area contributed by atoms with Gasteiger partial charge in [0.25, 0.3) is 0 Å². The number of hydrogen-bond donors (Lipinski definition) is 0. The van der Waals surface area contributed by atoms with Gasteiger partial charge in [-0.25, -0.2) is 9.67 Å². The number of methoxy groups -OCH3 is 1. The summed E-state index contributed by atoms with van der Waals surface area (Å²) < 4.78 is 7.06. The smallest absolute Gasteiger partial charge is 0.241 e. The fraction of sp³-hybridized carbons (Fsp3) is 0.348. The average molecular weight is 406 g/mol. The first kappa shape index (κ1) is 20.1. The van der Waals surface area contributed by atoms with Crippen LogP contribution < -0.4 is 9.64 Å². The van der Waals surface area contributed by atoms with Gasteiger partial charge in [0, 0.05) is 18.3 Å². The molecular formula is C23H27N5O2. The zero-order valence-electron chi connectivity index (χ0n) is 17.7. The van der Waals surface area contributed by atoms with Gasteiger partial charge in [-0.15, -0.1) is 0 Å². The van der Waals surface area contributed by atoms with Crippen LogP contribution in [0.2, 0.25) is 0 Å². The molecule has 0 saturated heterocycles. The van der Waals surface area contributed by atoms with Crippen molar-refractivity contribution < 1.29 is 9.53 Å². The Morgan fingerprint density at radius 2 is 2.03 bits per heavy atom. The molecule has 0 aliphatic carbocycles. The molecule has 7 nitrogen and oxygen atoms in total. The minimum atomic E-state index is 0.110. The molecule has 0 spiro atoms. The first-order valence-corrected chi connectivity index (χ1v) is 10.2. The molecule has 0 N–H and O–H groups in total. The lowest BCUT2D eigenvalue weighted by Gasteiger charge is -2.32. The van der Waals surface area contributed by atoms with E-state index >= 15 is 0 Å². The molecule has 1 aliphatic heterocycles. The molecule has 30 heavy (non-hydrogen) atoms. The van der Waals surface area contributed by atoms with Gasteiger partial charge in [-0.3, -0.25) is 9.69 Å². The Morgan fingerprint density at radius 3 is 2.73 bits per heavy atom. The maximum absolute atomic E-state index is 13.1. The van der Waals surface area contributed by atoms with E-state index in [2.05, 4.69) is 34.0 Å². The molecule has 2 heterocycles. The molecule has 3 aromatic rings. The topological polar surface area (TPSA) is 63.5 Å². The first-order chi connectivity index (χ1) is 14.6. The number of aryl methyl sites for hydroxylation is 1. The Bertz CT molecular complexity index is 1000. The van der Waals surface area contributed by atoms with Crippen molar-refractivity contribution in [2.75, 3.05) is 32.1 Å². The number of hydrogen-bond acceptors (Lipinski definition) is 5. The van der Waals surface area contributed by atoms with E-state index in [-0.39, 0.29) is 11.9 Å². The molecule has 0 fully saturated rings. The number of benzene rings is 2. The Labute approximate surface area is 176 Å². The third kappa shape index (κ3) is 4.07. The second-order valence-corrected chi connectivity index (χ2v) is 7.67. The summed E-state index contributed by atoms with van der Waals surface area (Å²) in [6.45, 7) is 3.23. The molecule has 0 bridgehead atoms. The fourth-order valence-corrected chi connectivity index (χ4v) is 3.90. The van der Waals surface area contributed by atoms with Crippen LogP contribution in [0.4, 0.5) is 5.69 Å². The molecule has 1 aliphatic rings. The average Bonchev–Trinajstić information content (AvgIpc) is 3.32. The summed E-state index contributed by atoms with van der Waals surface area (Å²) in [7, 11) is 3.66. The number of likely N-dealkylation sites (N-methyl/N-ethyl adjacent to an activating group) is 1. The maximum atomic E-state index is 13.1. The Hall–Kier alpha value is -3.19. The first-order valence-electron chi connectivity index (χ1n) is 10.2. The highest BCUT2D eigenvalue weighted by Gasteiger charge is 2.25. The number of nitrogens with zero attached hydrogens (tertiary/aromatic N) is 5. The molecule has 156 valence electrons. The van der Waals surface area contributed by atoms with Crippen molar-refractivity contribution in [1.82, 2.24) is 19.7 Å². The molecule has 4 rings (SSSR count). The second-order valence-electron chi connectivity index (χ2n) is 7.67. The molecule has 1 atom stereocenters. The zero-order valence-corrected chi connectivity index (χ0v) is 17.7. The summed E-state index contributed by atoms with van der Waals surface area (Å²) in [6.07, 6.45) is 5.13. The largest absolute Gasteiger partial charge is 0.497 e. The summed E-state index contributed by atoms with van der Waals surface area (Å²) in [5, 5.41) is 4.15. The maximum Gasteiger partial charge on any atom is 0.241 e. The normalized spacial score (nSPS) is 14.5. The van der Waals surface area contributed by atoms with Crippen molar-refractivity contribution in [2.24, 2.45) is 0 Å². The predicted octanol–water partition coefficient (Wildman–Crippen LogP) is 3.25. The van der Waals surface area contributed by atoms with Gasteiger partial charge in [0.05, 0.1) is 19.3 Å². The van der Waals surface area contributed by atoms with Gasteiger partial charge in [0.15, 0.2) is 0 Å². The van der Waals surface area contributed by atoms with Crippen molar-refractivity contribution in [1.29, 1.82) is 0 Å². The second kappa shape index (κ2) is 8.67. The van der Waals surface area contributed by atoms with Crippen LogP contribution in [0.5, 0.6) is 5.75 Å². The zero-order chi connectivity index (χ0) is 21.1. The molecule has 7 heteroatoms.